The minimum Gasteiger partial charge on any atom is -0.115 e. The van der Waals surface area contributed by atoms with Crippen molar-refractivity contribution in [1.82, 2.24) is 0 Å². The van der Waals surface area contributed by atoms with Crippen molar-refractivity contribution in [3.05, 3.63) is 142 Å². The van der Waals surface area contributed by atoms with Crippen LogP contribution in [0.15, 0.2) is 97.1 Å². The zero-order chi connectivity index (χ0) is 28.6. The molecule has 0 radical (unpaired) electrons. The lowest BCUT2D eigenvalue weighted by Crippen LogP contribution is -2.56. The van der Waals surface area contributed by atoms with Crippen molar-refractivity contribution >= 4 is 0 Å². The number of terminal acetylenes is 2. The second kappa shape index (κ2) is 10.5. The van der Waals surface area contributed by atoms with Crippen LogP contribution in [0.1, 0.15) is 83.0 Å². The fourth-order valence-corrected chi connectivity index (χ4v) is 8.60. The van der Waals surface area contributed by atoms with Gasteiger partial charge in [-0.15, -0.1) is 12.8 Å². The van der Waals surface area contributed by atoms with E-state index in [-0.39, 0.29) is 10.8 Å². The van der Waals surface area contributed by atoms with Crippen LogP contribution in [-0.4, -0.2) is 0 Å². The van der Waals surface area contributed by atoms with Crippen LogP contribution in [0.5, 0.6) is 0 Å². The lowest BCUT2D eigenvalue weighted by Gasteiger charge is -2.63. The van der Waals surface area contributed by atoms with Crippen LogP contribution in [0.2, 0.25) is 0 Å². The molecule has 0 atom stereocenters. The predicted octanol–water partition coefficient (Wildman–Crippen LogP) is 8.24. The van der Waals surface area contributed by atoms with Gasteiger partial charge in [-0.05, 0) is 133 Å². The summed E-state index contributed by atoms with van der Waals surface area (Å²) in [5.74, 6) is 20.9. The summed E-state index contributed by atoms with van der Waals surface area (Å²) >= 11 is 0. The molecule has 0 nitrogen and oxygen atoms in total. The van der Waals surface area contributed by atoms with Gasteiger partial charge in [0.25, 0.3) is 0 Å². The topological polar surface area (TPSA) is 0 Å². The van der Waals surface area contributed by atoms with Crippen molar-refractivity contribution in [1.29, 1.82) is 0 Å². The van der Waals surface area contributed by atoms with E-state index in [2.05, 4.69) is 71.9 Å². The van der Waals surface area contributed by atoms with Crippen LogP contribution in [0.25, 0.3) is 0 Å². The largest absolute Gasteiger partial charge is 0.115 e. The summed E-state index contributed by atoms with van der Waals surface area (Å²) in [6, 6.07) is 33.3. The van der Waals surface area contributed by atoms with Crippen LogP contribution in [-0.2, 0) is 10.8 Å². The van der Waals surface area contributed by atoms with Gasteiger partial charge in [-0.2, -0.15) is 0 Å². The van der Waals surface area contributed by atoms with Crippen LogP contribution >= 0.6 is 0 Å². The fraction of sp³-hybridized carbons (Fsp3) is 0.238. The minimum atomic E-state index is 0.0355. The van der Waals surface area contributed by atoms with E-state index in [1.807, 2.05) is 60.7 Å². The molecule has 4 bridgehead atoms. The standard InChI is InChI=1S/C42H32/c1-3-37-21-19-33(17-15-31-11-7-5-8-12-31)24-39(37)41-26-35-23-36(27-41)29-42(28-35,30-41)40-25-34(20-22-38(40)4-2)18-16-32-13-9-6-10-14-32/h1-2,5-14,19-22,24-25,35-36H,23,26-30H2. The molecule has 200 valence electrons. The molecule has 42 heavy (non-hydrogen) atoms. The Hall–Kier alpha value is -4.88. The van der Waals surface area contributed by atoms with E-state index in [0.717, 1.165) is 39.8 Å². The van der Waals surface area contributed by atoms with Crippen molar-refractivity contribution in [2.24, 2.45) is 11.8 Å². The molecule has 0 saturated heterocycles. The molecule has 0 aromatic heterocycles. The molecule has 0 N–H and O–H groups in total. The highest BCUT2D eigenvalue weighted by Crippen LogP contribution is 2.66. The summed E-state index contributed by atoms with van der Waals surface area (Å²) in [5.41, 5.74) is 8.81. The molecule has 0 amide bonds. The SMILES string of the molecule is C#Cc1ccc(C#Cc2ccccc2)cc1C12CC3CC(C1)CC(c1cc(C#Cc4ccccc4)ccc1C#C)(C3)C2. The van der Waals surface area contributed by atoms with E-state index in [4.69, 9.17) is 12.8 Å². The summed E-state index contributed by atoms with van der Waals surface area (Å²) in [4.78, 5) is 0. The van der Waals surface area contributed by atoms with Gasteiger partial charge in [-0.25, -0.2) is 0 Å². The molecule has 4 aromatic rings. The van der Waals surface area contributed by atoms with Gasteiger partial charge >= 0.3 is 0 Å². The minimum absolute atomic E-state index is 0.0355. The quantitative estimate of drug-likeness (QED) is 0.226. The van der Waals surface area contributed by atoms with Crippen LogP contribution in [0.4, 0.5) is 0 Å². The smallest absolute Gasteiger partial charge is 0.0281 e. The van der Waals surface area contributed by atoms with Crippen molar-refractivity contribution in [3.63, 3.8) is 0 Å². The zero-order valence-electron chi connectivity index (χ0n) is 23.8. The number of benzene rings is 4. The highest BCUT2D eigenvalue weighted by molar-refractivity contribution is 5.56. The molecular formula is C42H32. The average molecular weight is 537 g/mol. The third-order valence-corrected chi connectivity index (χ3v) is 9.80. The Morgan fingerprint density at radius 1 is 0.500 bits per heavy atom. The second-order valence-corrected chi connectivity index (χ2v) is 12.6. The van der Waals surface area contributed by atoms with E-state index in [0.29, 0.717) is 11.8 Å². The Kier molecular flexibility index (Phi) is 6.52. The van der Waals surface area contributed by atoms with Crippen LogP contribution in [0.3, 0.4) is 0 Å². The van der Waals surface area contributed by atoms with E-state index < -0.39 is 0 Å². The molecule has 4 aliphatic carbocycles. The van der Waals surface area contributed by atoms with Crippen LogP contribution < -0.4 is 0 Å². The van der Waals surface area contributed by atoms with Crippen molar-refractivity contribution in [3.8, 4) is 48.4 Å². The van der Waals surface area contributed by atoms with E-state index in [1.165, 1.54) is 43.2 Å². The first kappa shape index (κ1) is 26.0. The maximum Gasteiger partial charge on any atom is 0.0281 e. The highest BCUT2D eigenvalue weighted by atomic mass is 14.6. The highest BCUT2D eigenvalue weighted by Gasteiger charge is 2.59. The van der Waals surface area contributed by atoms with Crippen molar-refractivity contribution in [2.45, 2.75) is 49.4 Å². The second-order valence-electron chi connectivity index (χ2n) is 12.6. The maximum absolute atomic E-state index is 6.15. The number of rotatable bonds is 2. The maximum atomic E-state index is 6.15. The molecule has 4 aromatic carbocycles. The Labute approximate surface area is 250 Å². The molecule has 0 heterocycles. The van der Waals surface area contributed by atoms with Gasteiger partial charge in [0, 0.05) is 33.4 Å². The fourth-order valence-electron chi connectivity index (χ4n) is 8.60. The molecule has 0 unspecified atom stereocenters. The molecule has 0 spiro atoms. The first-order chi connectivity index (χ1) is 20.6. The van der Waals surface area contributed by atoms with E-state index >= 15 is 0 Å². The predicted molar refractivity (Wildman–Crippen MR) is 172 cm³/mol. The first-order valence-corrected chi connectivity index (χ1v) is 14.9. The van der Waals surface area contributed by atoms with Gasteiger partial charge in [-0.3, -0.25) is 0 Å². The zero-order valence-corrected chi connectivity index (χ0v) is 23.8. The molecular weight excluding hydrogens is 504 g/mol. The number of hydrogen-bond donors (Lipinski definition) is 0. The van der Waals surface area contributed by atoms with Gasteiger partial charge in [0.05, 0.1) is 0 Å². The Morgan fingerprint density at radius 3 is 1.31 bits per heavy atom. The Bertz CT molecular complexity index is 1720. The molecule has 4 aliphatic rings. The summed E-state index contributed by atoms with van der Waals surface area (Å²) in [5, 5.41) is 0. The Morgan fingerprint density at radius 2 is 0.905 bits per heavy atom. The average Bonchev–Trinajstić information content (AvgIpc) is 3.03. The number of hydrogen-bond acceptors (Lipinski definition) is 0. The third kappa shape index (κ3) is 4.72. The lowest BCUT2D eigenvalue weighted by atomic mass is 9.41. The molecule has 0 aliphatic heterocycles. The normalized spacial score (nSPS) is 24.8. The van der Waals surface area contributed by atoms with Crippen molar-refractivity contribution < 1.29 is 0 Å². The van der Waals surface area contributed by atoms with Crippen LogP contribution in [0, 0.1) is 60.2 Å². The molecule has 8 rings (SSSR count). The van der Waals surface area contributed by atoms with Gasteiger partial charge in [0.1, 0.15) is 0 Å². The van der Waals surface area contributed by atoms with E-state index in [1.54, 1.807) is 0 Å². The van der Waals surface area contributed by atoms with Gasteiger partial charge in [0.15, 0.2) is 0 Å². The van der Waals surface area contributed by atoms with Gasteiger partial charge < -0.3 is 0 Å². The Balaban J connectivity index is 1.30. The van der Waals surface area contributed by atoms with Gasteiger partial charge in [-0.1, -0.05) is 71.9 Å². The monoisotopic (exact) mass is 536 g/mol. The molecule has 4 fully saturated rings. The van der Waals surface area contributed by atoms with E-state index in [9.17, 15) is 0 Å². The van der Waals surface area contributed by atoms with Crippen molar-refractivity contribution in [2.75, 3.05) is 0 Å². The van der Waals surface area contributed by atoms with Gasteiger partial charge in [0.2, 0.25) is 0 Å². The summed E-state index contributed by atoms with van der Waals surface area (Å²) in [6.45, 7) is 0. The third-order valence-electron chi connectivity index (χ3n) is 9.80. The lowest BCUT2D eigenvalue weighted by molar-refractivity contribution is -0.0283. The summed E-state index contributed by atoms with van der Waals surface area (Å²) < 4.78 is 0. The molecule has 4 saturated carbocycles. The molecule has 0 heteroatoms. The summed E-state index contributed by atoms with van der Waals surface area (Å²) in [7, 11) is 0. The summed E-state index contributed by atoms with van der Waals surface area (Å²) in [6.07, 6.45) is 19.4. The first-order valence-electron chi connectivity index (χ1n) is 14.9.